The fraction of sp³-hybridized carbons (Fsp3) is 0.750. The Labute approximate surface area is 297 Å². The molecule has 6 rings (SSSR count). The largest absolute Gasteiger partial charge is 0.416 e. The van der Waals surface area contributed by atoms with Crippen LogP contribution in [0.4, 0.5) is 11.6 Å². The van der Waals surface area contributed by atoms with Crippen molar-refractivity contribution < 1.29 is 28.5 Å². The molecule has 274 valence electrons. The molecule has 4 saturated heterocycles. The molecule has 0 amide bonds. The average molecular weight is 741 g/mol. The molecule has 8 atom stereocenters. The third-order valence-corrected chi connectivity index (χ3v) is 17.3. The molecule has 0 unspecified atom stereocenters. The predicted molar refractivity (Wildman–Crippen MR) is 194 cm³/mol. The lowest BCUT2D eigenvalue weighted by atomic mass is 10.1. The van der Waals surface area contributed by atoms with Crippen LogP contribution in [0.3, 0.4) is 0 Å². The van der Waals surface area contributed by atoms with Crippen LogP contribution in [0.15, 0.2) is 22.0 Å². The molecule has 49 heavy (non-hydrogen) atoms. The number of nitrogens with zero attached hydrogens (tertiary/aromatic N) is 4. The molecular formula is C32H52N6O8S2Si. The number of anilines is 2. The minimum Gasteiger partial charge on any atom is -0.416 e. The second-order valence-electron chi connectivity index (χ2n) is 15.5. The van der Waals surface area contributed by atoms with Crippen LogP contribution in [-0.2, 0) is 23.4 Å². The summed E-state index contributed by atoms with van der Waals surface area (Å²) in [5, 5.41) is 9.11. The maximum atomic E-state index is 12.5. The van der Waals surface area contributed by atoms with Crippen LogP contribution >= 0.6 is 23.5 Å². The molecule has 0 aromatic carbocycles. The summed E-state index contributed by atoms with van der Waals surface area (Å²) >= 11 is 3.13. The van der Waals surface area contributed by atoms with E-state index in [9.17, 15) is 14.7 Å². The Hall–Kier alpha value is -1.96. The first-order valence-corrected chi connectivity index (χ1v) is 21.3. The summed E-state index contributed by atoms with van der Waals surface area (Å²) in [6, 6.07) is 0. The minimum atomic E-state index is -1.89. The SMILES string of the molecule is Cc1cn([C@@H]2S[C@H](CO)[C@H]3OC(C)(C)O[C@H]32)c(=O)nc1N.Cc1cn([C@@H]2S[C@H](CO[Si](C)(C)C(C)(C)C)[C@H]3OC(C)(C)O[C@H]32)c(=O)nc1N. The number of aromatic nitrogens is 4. The van der Waals surface area contributed by atoms with E-state index in [0.29, 0.717) is 6.61 Å². The Bertz CT molecular complexity index is 1660. The van der Waals surface area contributed by atoms with Gasteiger partial charge in [0.05, 0.1) is 17.1 Å². The van der Waals surface area contributed by atoms with Gasteiger partial charge in [0.15, 0.2) is 19.9 Å². The van der Waals surface area contributed by atoms with E-state index in [1.165, 1.54) is 16.3 Å². The van der Waals surface area contributed by atoms with Crippen LogP contribution in [0, 0.1) is 13.8 Å². The van der Waals surface area contributed by atoms with Gasteiger partial charge in [-0.15, -0.1) is 23.5 Å². The van der Waals surface area contributed by atoms with Crippen molar-refractivity contribution in [3.05, 3.63) is 44.5 Å². The molecule has 0 aliphatic carbocycles. The van der Waals surface area contributed by atoms with Crippen LogP contribution in [0.2, 0.25) is 18.1 Å². The molecule has 14 nitrogen and oxygen atoms in total. The summed E-state index contributed by atoms with van der Waals surface area (Å²) in [4.78, 5) is 32.4. The first-order chi connectivity index (χ1) is 22.5. The molecular weight excluding hydrogens is 689 g/mol. The van der Waals surface area contributed by atoms with Gasteiger partial charge in [-0.2, -0.15) is 9.97 Å². The summed E-state index contributed by atoms with van der Waals surface area (Å²) in [5.41, 5.74) is 12.2. The molecule has 2 aromatic rings. The Balaban J connectivity index is 0.000000199. The molecule has 4 aliphatic rings. The van der Waals surface area contributed by atoms with Crippen molar-refractivity contribution in [2.24, 2.45) is 0 Å². The fourth-order valence-electron chi connectivity index (χ4n) is 6.08. The van der Waals surface area contributed by atoms with Crippen molar-refractivity contribution in [1.29, 1.82) is 0 Å². The van der Waals surface area contributed by atoms with Crippen molar-refractivity contribution >= 4 is 43.5 Å². The third-order valence-electron chi connectivity index (χ3n) is 9.74. The monoisotopic (exact) mass is 740 g/mol. The highest BCUT2D eigenvalue weighted by Gasteiger charge is 2.57. The lowest BCUT2D eigenvalue weighted by molar-refractivity contribution is -0.149. The van der Waals surface area contributed by atoms with E-state index in [0.717, 1.165) is 11.1 Å². The van der Waals surface area contributed by atoms with Crippen molar-refractivity contribution in [2.45, 2.75) is 138 Å². The highest BCUT2D eigenvalue weighted by molar-refractivity contribution is 8.00. The number of hydrogen-bond donors (Lipinski definition) is 3. The van der Waals surface area contributed by atoms with Gasteiger partial charge in [0.1, 0.15) is 46.8 Å². The molecule has 4 aliphatic heterocycles. The number of fused-ring (bicyclic) bond motifs is 2. The van der Waals surface area contributed by atoms with Gasteiger partial charge in [0, 0.05) is 30.1 Å². The third kappa shape index (κ3) is 7.79. The second kappa shape index (κ2) is 13.5. The molecule has 0 spiro atoms. The highest BCUT2D eigenvalue weighted by atomic mass is 32.2. The average Bonchev–Trinajstić information content (AvgIpc) is 3.67. The molecule has 6 heterocycles. The number of ether oxygens (including phenoxy) is 4. The number of nitrogens with two attached hydrogens (primary N) is 2. The zero-order chi connectivity index (χ0) is 36.4. The number of rotatable bonds is 6. The molecule has 4 fully saturated rings. The van der Waals surface area contributed by atoms with Crippen molar-refractivity contribution in [3.8, 4) is 0 Å². The van der Waals surface area contributed by atoms with Gasteiger partial charge in [0.25, 0.3) is 0 Å². The summed E-state index contributed by atoms with van der Waals surface area (Å²) in [6.07, 6.45) is 2.53. The van der Waals surface area contributed by atoms with Crippen molar-refractivity contribution in [1.82, 2.24) is 19.1 Å². The first-order valence-electron chi connectivity index (χ1n) is 16.5. The normalized spacial score (nSPS) is 31.7. The van der Waals surface area contributed by atoms with Crippen LogP contribution in [0.1, 0.15) is 70.3 Å². The van der Waals surface area contributed by atoms with E-state index in [1.54, 1.807) is 35.6 Å². The zero-order valence-electron chi connectivity index (χ0n) is 30.3. The maximum absolute atomic E-state index is 12.5. The second-order valence-corrected chi connectivity index (χ2v) is 23.0. The fourth-order valence-corrected chi connectivity index (χ4v) is 10.2. The Morgan fingerprint density at radius 3 is 1.61 bits per heavy atom. The molecule has 0 radical (unpaired) electrons. The molecule has 0 bridgehead atoms. The standard InChI is InChI=1S/C19H33N3O4SSi.C13H19N3O4S/c1-11-9-22(17(23)21-15(11)20)16-14-13(25-19(5,6)26-14)12(27-16)10-24-28(7,8)18(2,3)4;1-6-4-16(12(18)15-10(6)14)11-9-8(7(5-17)21-11)19-13(2,3)20-9/h9,12-14,16H,10H2,1-8H3,(H2,20,21,23);4,7-9,11,17H,5H2,1-3H3,(H2,14,15,18)/t12-,13-,14-,16-;7-,8-,9-,11-/m11/s1. The van der Waals surface area contributed by atoms with E-state index in [2.05, 4.69) is 43.8 Å². The lowest BCUT2D eigenvalue weighted by Crippen LogP contribution is -2.43. The van der Waals surface area contributed by atoms with Gasteiger partial charge in [-0.25, -0.2) is 9.59 Å². The van der Waals surface area contributed by atoms with E-state index in [-0.39, 0.29) is 74.6 Å². The summed E-state index contributed by atoms with van der Waals surface area (Å²) in [7, 11) is -1.89. The van der Waals surface area contributed by atoms with Crippen molar-refractivity contribution in [2.75, 3.05) is 24.7 Å². The van der Waals surface area contributed by atoms with Crippen LogP contribution in [0.25, 0.3) is 0 Å². The summed E-state index contributed by atoms with van der Waals surface area (Å²) in [5.74, 6) is -0.910. The predicted octanol–water partition coefficient (Wildman–Crippen LogP) is 3.55. The number of aliphatic hydroxyl groups is 1. The quantitative estimate of drug-likeness (QED) is 0.365. The number of nitrogen functional groups attached to an aromatic ring is 2. The van der Waals surface area contributed by atoms with Gasteiger partial charge in [-0.05, 0) is 59.7 Å². The molecule has 5 N–H and O–H groups in total. The summed E-state index contributed by atoms with van der Waals surface area (Å²) in [6.45, 7) is 22.9. The smallest absolute Gasteiger partial charge is 0.350 e. The number of aliphatic hydroxyl groups excluding tert-OH is 1. The van der Waals surface area contributed by atoms with E-state index in [4.69, 9.17) is 34.8 Å². The lowest BCUT2D eigenvalue weighted by Gasteiger charge is -2.37. The highest BCUT2D eigenvalue weighted by Crippen LogP contribution is 2.52. The van der Waals surface area contributed by atoms with Crippen molar-refractivity contribution in [3.63, 3.8) is 0 Å². The van der Waals surface area contributed by atoms with Gasteiger partial charge in [-0.1, -0.05) is 20.8 Å². The summed E-state index contributed by atoms with van der Waals surface area (Å²) < 4.78 is 33.8. The minimum absolute atomic E-state index is 0.0299. The Morgan fingerprint density at radius 2 is 1.20 bits per heavy atom. The topological polar surface area (TPSA) is 188 Å². The van der Waals surface area contributed by atoms with Gasteiger partial charge in [0.2, 0.25) is 0 Å². The van der Waals surface area contributed by atoms with Crippen LogP contribution in [0.5, 0.6) is 0 Å². The van der Waals surface area contributed by atoms with E-state index >= 15 is 0 Å². The van der Waals surface area contributed by atoms with Crippen LogP contribution in [-0.4, -0.2) is 92.2 Å². The van der Waals surface area contributed by atoms with Gasteiger partial charge >= 0.3 is 11.4 Å². The van der Waals surface area contributed by atoms with Gasteiger partial charge < -0.3 is 39.9 Å². The zero-order valence-corrected chi connectivity index (χ0v) is 32.9. The van der Waals surface area contributed by atoms with Crippen LogP contribution < -0.4 is 22.8 Å². The Kier molecular flexibility index (Phi) is 10.6. The number of hydrogen-bond acceptors (Lipinski definition) is 14. The number of aryl methyl sites for hydroxylation is 2. The molecule has 0 saturated carbocycles. The molecule has 17 heteroatoms. The Morgan fingerprint density at radius 1 is 0.816 bits per heavy atom. The van der Waals surface area contributed by atoms with Gasteiger partial charge in [-0.3, -0.25) is 9.13 Å². The number of thioether (sulfide) groups is 2. The van der Waals surface area contributed by atoms with E-state index in [1.807, 2.05) is 34.6 Å². The maximum Gasteiger partial charge on any atom is 0.350 e. The molecule has 2 aromatic heterocycles. The first kappa shape index (κ1) is 38.3. The van der Waals surface area contributed by atoms with E-state index < -0.39 is 25.6 Å².